The van der Waals surface area contributed by atoms with Gasteiger partial charge in [-0.1, -0.05) is 0 Å². The fraction of sp³-hybridized carbons (Fsp3) is 0.375. The van der Waals surface area contributed by atoms with Crippen molar-refractivity contribution >= 4 is 0 Å². The summed E-state index contributed by atoms with van der Waals surface area (Å²) in [5.74, 6) is 0. The maximum Gasteiger partial charge on any atom is 0.253 e. The number of aryl methyl sites for hydroxylation is 1. The number of hydrogen-bond donors (Lipinski definition) is 0. The van der Waals surface area contributed by atoms with Crippen LogP contribution in [0.5, 0.6) is 0 Å². The Morgan fingerprint density at radius 3 is 3.17 bits per heavy atom. The van der Waals surface area contributed by atoms with Gasteiger partial charge in [-0.05, 0) is 6.42 Å². The lowest BCUT2D eigenvalue weighted by atomic mass is 10.3. The Hall–Kier alpha value is -1.63. The molecular weight excluding hydrogens is 154 g/mol. The minimum atomic E-state index is -0.0667. The quantitative estimate of drug-likeness (QED) is 0.611. The molecule has 0 aliphatic carbocycles. The molecular formula is C8H9N3O. The van der Waals surface area contributed by atoms with Gasteiger partial charge in [0.05, 0.1) is 12.4 Å². The fourth-order valence-corrected chi connectivity index (χ4v) is 0.875. The van der Waals surface area contributed by atoms with Crippen LogP contribution < -0.4 is 5.56 Å². The summed E-state index contributed by atoms with van der Waals surface area (Å²) in [6.07, 6.45) is 4.12. The van der Waals surface area contributed by atoms with Gasteiger partial charge in [-0.2, -0.15) is 5.26 Å². The first-order chi connectivity index (χ1) is 5.84. The van der Waals surface area contributed by atoms with Crippen molar-refractivity contribution in [2.45, 2.75) is 19.4 Å². The predicted octanol–water partition coefficient (Wildman–Crippen LogP) is 0.547. The second kappa shape index (κ2) is 4.29. The van der Waals surface area contributed by atoms with E-state index in [0.29, 0.717) is 19.4 Å². The van der Waals surface area contributed by atoms with E-state index in [4.69, 9.17) is 5.26 Å². The van der Waals surface area contributed by atoms with Crippen molar-refractivity contribution in [3.63, 3.8) is 0 Å². The van der Waals surface area contributed by atoms with E-state index in [1.54, 1.807) is 0 Å². The van der Waals surface area contributed by atoms with Gasteiger partial charge in [0.25, 0.3) is 5.56 Å². The third-order valence-corrected chi connectivity index (χ3v) is 1.48. The Kier molecular flexibility index (Phi) is 3.03. The number of unbranched alkanes of at least 4 members (excludes halogenated alkanes) is 1. The normalized spacial score (nSPS) is 9.25. The lowest BCUT2D eigenvalue weighted by molar-refractivity contribution is 0.620. The van der Waals surface area contributed by atoms with E-state index in [1.165, 1.54) is 23.2 Å². The molecule has 62 valence electrons. The van der Waals surface area contributed by atoms with Crippen molar-refractivity contribution in [1.82, 2.24) is 9.55 Å². The molecule has 0 fully saturated rings. The van der Waals surface area contributed by atoms with E-state index < -0.39 is 0 Å². The van der Waals surface area contributed by atoms with Gasteiger partial charge in [0.15, 0.2) is 0 Å². The second-order valence-corrected chi connectivity index (χ2v) is 2.37. The second-order valence-electron chi connectivity index (χ2n) is 2.37. The molecule has 0 aliphatic rings. The molecule has 4 nitrogen and oxygen atoms in total. The van der Waals surface area contributed by atoms with Crippen molar-refractivity contribution in [2.24, 2.45) is 0 Å². The molecule has 0 amide bonds. The van der Waals surface area contributed by atoms with Crippen molar-refractivity contribution in [2.75, 3.05) is 0 Å². The highest BCUT2D eigenvalue weighted by atomic mass is 16.1. The topological polar surface area (TPSA) is 58.7 Å². The number of hydrogen-bond acceptors (Lipinski definition) is 3. The molecule has 0 saturated carbocycles. The summed E-state index contributed by atoms with van der Waals surface area (Å²) >= 11 is 0. The zero-order valence-electron chi connectivity index (χ0n) is 6.60. The van der Waals surface area contributed by atoms with Crippen LogP contribution in [0.15, 0.2) is 23.4 Å². The molecule has 0 unspecified atom stereocenters. The third kappa shape index (κ3) is 2.20. The Morgan fingerprint density at radius 2 is 2.50 bits per heavy atom. The first-order valence-electron chi connectivity index (χ1n) is 3.72. The van der Waals surface area contributed by atoms with Gasteiger partial charge in [0.2, 0.25) is 0 Å². The summed E-state index contributed by atoms with van der Waals surface area (Å²) in [5, 5.41) is 8.26. The van der Waals surface area contributed by atoms with Gasteiger partial charge in [-0.3, -0.25) is 9.36 Å². The van der Waals surface area contributed by atoms with Crippen LogP contribution in [0.4, 0.5) is 0 Å². The Balaban J connectivity index is 2.59. The van der Waals surface area contributed by atoms with Crippen LogP contribution in [0.25, 0.3) is 0 Å². The lowest BCUT2D eigenvalue weighted by Crippen LogP contribution is -2.18. The van der Waals surface area contributed by atoms with Crippen LogP contribution in [0.1, 0.15) is 12.8 Å². The van der Waals surface area contributed by atoms with Gasteiger partial charge in [-0.15, -0.1) is 0 Å². The van der Waals surface area contributed by atoms with Crippen molar-refractivity contribution in [3.05, 3.63) is 28.9 Å². The van der Waals surface area contributed by atoms with Gasteiger partial charge in [-0.25, -0.2) is 4.98 Å². The van der Waals surface area contributed by atoms with E-state index in [2.05, 4.69) is 4.98 Å². The summed E-state index contributed by atoms with van der Waals surface area (Å²) in [4.78, 5) is 14.9. The Labute approximate surface area is 70.1 Å². The number of nitrogens with zero attached hydrogens (tertiary/aromatic N) is 3. The fourth-order valence-electron chi connectivity index (χ4n) is 0.875. The molecule has 1 aromatic rings. The van der Waals surface area contributed by atoms with Crippen LogP contribution >= 0.6 is 0 Å². The van der Waals surface area contributed by atoms with Gasteiger partial charge >= 0.3 is 0 Å². The average molecular weight is 163 g/mol. The third-order valence-electron chi connectivity index (χ3n) is 1.48. The van der Waals surface area contributed by atoms with E-state index in [-0.39, 0.29) is 5.56 Å². The molecule has 1 heterocycles. The summed E-state index contributed by atoms with van der Waals surface area (Å²) in [7, 11) is 0. The maximum absolute atomic E-state index is 11.1. The molecule has 0 aliphatic heterocycles. The zero-order valence-corrected chi connectivity index (χ0v) is 6.60. The SMILES string of the molecule is N#CCCCn1cnccc1=O. The smallest absolute Gasteiger partial charge is 0.253 e. The van der Waals surface area contributed by atoms with Gasteiger partial charge in [0, 0.05) is 25.2 Å². The predicted molar refractivity (Wildman–Crippen MR) is 43.3 cm³/mol. The monoisotopic (exact) mass is 163 g/mol. The van der Waals surface area contributed by atoms with Crippen molar-refractivity contribution < 1.29 is 0 Å². The number of rotatable bonds is 3. The number of aromatic nitrogens is 2. The minimum Gasteiger partial charge on any atom is -0.299 e. The van der Waals surface area contributed by atoms with Crippen LogP contribution in [-0.4, -0.2) is 9.55 Å². The van der Waals surface area contributed by atoms with Crippen molar-refractivity contribution in [3.8, 4) is 6.07 Å². The molecule has 0 atom stereocenters. The van der Waals surface area contributed by atoms with Crippen LogP contribution in [-0.2, 0) is 6.54 Å². The lowest BCUT2D eigenvalue weighted by Gasteiger charge is -1.99. The highest BCUT2D eigenvalue weighted by molar-refractivity contribution is 4.82. The molecule has 4 heteroatoms. The molecule has 1 aromatic heterocycles. The molecule has 1 rings (SSSR count). The molecule has 0 aromatic carbocycles. The van der Waals surface area contributed by atoms with Gasteiger partial charge < -0.3 is 0 Å². The van der Waals surface area contributed by atoms with E-state index in [1.807, 2.05) is 6.07 Å². The molecule has 12 heavy (non-hydrogen) atoms. The van der Waals surface area contributed by atoms with Crippen LogP contribution in [0, 0.1) is 11.3 Å². The highest BCUT2D eigenvalue weighted by Gasteiger charge is 1.92. The zero-order chi connectivity index (χ0) is 8.81. The summed E-state index contributed by atoms with van der Waals surface area (Å²) < 4.78 is 1.50. The molecule has 0 radical (unpaired) electrons. The van der Waals surface area contributed by atoms with Crippen molar-refractivity contribution in [1.29, 1.82) is 5.26 Å². The highest BCUT2D eigenvalue weighted by Crippen LogP contribution is 1.89. The largest absolute Gasteiger partial charge is 0.299 e. The summed E-state index contributed by atoms with van der Waals surface area (Å²) in [6, 6.07) is 3.43. The Morgan fingerprint density at radius 1 is 1.67 bits per heavy atom. The Bertz CT molecular complexity index is 337. The molecule has 0 saturated heterocycles. The van der Waals surface area contributed by atoms with Crippen LogP contribution in [0.2, 0.25) is 0 Å². The molecule has 0 N–H and O–H groups in total. The molecule has 0 spiro atoms. The first-order valence-corrected chi connectivity index (χ1v) is 3.72. The van der Waals surface area contributed by atoms with Crippen LogP contribution in [0.3, 0.4) is 0 Å². The van der Waals surface area contributed by atoms with E-state index >= 15 is 0 Å². The summed E-state index contributed by atoms with van der Waals surface area (Å²) in [6.45, 7) is 0.570. The number of nitriles is 1. The van der Waals surface area contributed by atoms with E-state index in [0.717, 1.165) is 0 Å². The standard InChI is InChI=1S/C8H9N3O/c9-4-1-2-6-11-7-10-5-3-8(11)12/h3,5,7H,1-2,6H2. The average Bonchev–Trinajstić information content (AvgIpc) is 2.09. The van der Waals surface area contributed by atoms with E-state index in [9.17, 15) is 4.79 Å². The minimum absolute atomic E-state index is 0.0667. The summed E-state index contributed by atoms with van der Waals surface area (Å²) in [5.41, 5.74) is -0.0667. The molecule has 0 bridgehead atoms. The first kappa shape index (κ1) is 8.47. The maximum atomic E-state index is 11.1. The van der Waals surface area contributed by atoms with Gasteiger partial charge in [0.1, 0.15) is 0 Å².